The summed E-state index contributed by atoms with van der Waals surface area (Å²) in [5.41, 5.74) is 1.06. The molecule has 0 bridgehead atoms. The van der Waals surface area contributed by atoms with E-state index in [0.717, 1.165) is 26.0 Å². The Balaban J connectivity index is 2.13. The Kier molecular flexibility index (Phi) is 4.91. The lowest BCUT2D eigenvalue weighted by Gasteiger charge is -2.10. The predicted molar refractivity (Wildman–Crippen MR) is 80.4 cm³/mol. The topological polar surface area (TPSA) is 9.23 Å². The lowest BCUT2D eigenvalue weighted by molar-refractivity contribution is 0.307. The summed E-state index contributed by atoms with van der Waals surface area (Å²) >= 11 is 14.6. The van der Waals surface area contributed by atoms with E-state index >= 15 is 0 Å². The zero-order valence-corrected chi connectivity index (χ0v) is 13.5. The number of halogens is 3. The van der Waals surface area contributed by atoms with Gasteiger partial charge in [0.05, 0.1) is 5.02 Å². The maximum atomic E-state index is 6.13. The normalized spacial score (nSPS) is 10.5. The molecular weight excluding hydrogens is 387 g/mol. The highest BCUT2D eigenvalue weighted by Gasteiger charge is 2.08. The molecule has 1 nitrogen and oxygen atoms in total. The summed E-state index contributed by atoms with van der Waals surface area (Å²) in [5.74, 6) is 0.760. The smallest absolute Gasteiger partial charge is 0.142 e. The second-order valence-corrected chi connectivity index (χ2v) is 6.26. The van der Waals surface area contributed by atoms with Crippen molar-refractivity contribution in [3.05, 3.63) is 49.6 Å². The average molecular weight is 397 g/mol. The molecule has 2 aromatic rings. The van der Waals surface area contributed by atoms with Crippen molar-refractivity contribution in [3.8, 4) is 5.75 Å². The van der Waals surface area contributed by atoms with Crippen LogP contribution in [0, 0.1) is 0 Å². The number of para-hydroxylation sites is 1. The van der Waals surface area contributed by atoms with E-state index < -0.39 is 0 Å². The Bertz CT molecular complexity index is 513. The van der Waals surface area contributed by atoms with Crippen LogP contribution in [0.5, 0.6) is 5.75 Å². The summed E-state index contributed by atoms with van der Waals surface area (Å²) in [6.45, 7) is 0.542. The van der Waals surface area contributed by atoms with Crippen LogP contribution in [0.3, 0.4) is 0 Å². The second-order valence-electron chi connectivity index (χ2n) is 3.38. The minimum Gasteiger partial charge on any atom is -0.486 e. The van der Waals surface area contributed by atoms with Crippen molar-refractivity contribution in [2.75, 3.05) is 0 Å². The first-order chi connectivity index (χ1) is 8.20. The van der Waals surface area contributed by atoms with Crippen LogP contribution in [-0.4, -0.2) is 0 Å². The molecule has 1 aromatic heterocycles. The number of benzene rings is 1. The summed E-state index contributed by atoms with van der Waals surface area (Å²) in [4.78, 5) is 1.16. The molecule has 5 heteroatoms. The van der Waals surface area contributed by atoms with E-state index in [2.05, 4.69) is 37.9 Å². The van der Waals surface area contributed by atoms with Crippen molar-refractivity contribution in [2.24, 2.45) is 0 Å². The molecule has 0 aliphatic carbocycles. The van der Waals surface area contributed by atoms with Crippen LogP contribution in [0.2, 0.25) is 5.02 Å². The van der Waals surface area contributed by atoms with Crippen LogP contribution >= 0.6 is 54.8 Å². The maximum Gasteiger partial charge on any atom is 0.142 e. The number of rotatable bonds is 4. The summed E-state index contributed by atoms with van der Waals surface area (Å²) in [5, 5.41) is 3.42. The molecule has 17 heavy (non-hydrogen) atoms. The maximum absolute atomic E-state index is 6.13. The van der Waals surface area contributed by atoms with Crippen LogP contribution in [0.25, 0.3) is 0 Å². The van der Waals surface area contributed by atoms with Gasteiger partial charge in [0, 0.05) is 25.6 Å². The van der Waals surface area contributed by atoms with Crippen molar-refractivity contribution in [2.45, 2.75) is 11.9 Å². The molecule has 0 unspecified atom stereocenters. The third-order valence-electron chi connectivity index (χ3n) is 2.17. The Morgan fingerprint density at radius 1 is 1.35 bits per heavy atom. The molecule has 0 fully saturated rings. The minimum atomic E-state index is 0.542. The molecule has 0 spiro atoms. The average Bonchev–Trinajstić information content (AvgIpc) is 2.73. The summed E-state index contributed by atoms with van der Waals surface area (Å²) < 4.78 is 6.87. The highest BCUT2D eigenvalue weighted by molar-refractivity contribution is 9.10. The number of hydrogen-bond acceptors (Lipinski definition) is 2. The molecule has 0 aliphatic rings. The third-order valence-corrected chi connectivity index (χ3v) is 4.75. The highest BCUT2D eigenvalue weighted by atomic mass is 79.9. The fraction of sp³-hybridized carbons (Fsp3) is 0.167. The lowest BCUT2D eigenvalue weighted by atomic mass is 10.2. The van der Waals surface area contributed by atoms with Gasteiger partial charge in [0.15, 0.2) is 0 Å². The first kappa shape index (κ1) is 13.4. The van der Waals surface area contributed by atoms with Crippen molar-refractivity contribution in [3.63, 3.8) is 0 Å². The molecule has 0 radical (unpaired) electrons. The van der Waals surface area contributed by atoms with E-state index in [4.69, 9.17) is 16.3 Å². The predicted octanol–water partition coefficient (Wildman–Crippen LogP) is 5.64. The Morgan fingerprint density at radius 3 is 2.82 bits per heavy atom. The summed E-state index contributed by atoms with van der Waals surface area (Å²) in [6.07, 6.45) is 0. The Labute approximate surface area is 126 Å². The van der Waals surface area contributed by atoms with Crippen LogP contribution in [-0.2, 0) is 11.9 Å². The highest BCUT2D eigenvalue weighted by Crippen LogP contribution is 2.31. The van der Waals surface area contributed by atoms with Gasteiger partial charge in [-0.3, -0.25) is 0 Å². The Morgan fingerprint density at radius 2 is 2.18 bits per heavy atom. The fourth-order valence-corrected chi connectivity index (χ4v) is 3.45. The number of thiophene rings is 1. The van der Waals surface area contributed by atoms with Gasteiger partial charge in [-0.05, 0) is 28.1 Å². The Hall–Kier alpha value is -0.0300. The zero-order valence-electron chi connectivity index (χ0n) is 8.75. The van der Waals surface area contributed by atoms with Crippen molar-refractivity contribution >= 4 is 54.8 Å². The van der Waals surface area contributed by atoms with Crippen LogP contribution in [0.15, 0.2) is 34.1 Å². The van der Waals surface area contributed by atoms with Crippen molar-refractivity contribution in [1.82, 2.24) is 0 Å². The van der Waals surface area contributed by atoms with Gasteiger partial charge in [0.25, 0.3) is 0 Å². The fourth-order valence-electron chi connectivity index (χ4n) is 1.39. The molecule has 0 atom stereocenters. The molecule has 1 aromatic carbocycles. The zero-order chi connectivity index (χ0) is 12.3. The van der Waals surface area contributed by atoms with Crippen LogP contribution < -0.4 is 4.74 Å². The molecule has 1 heterocycles. The van der Waals surface area contributed by atoms with E-state index in [9.17, 15) is 0 Å². The van der Waals surface area contributed by atoms with Crippen LogP contribution in [0.1, 0.15) is 10.4 Å². The monoisotopic (exact) mass is 394 g/mol. The van der Waals surface area contributed by atoms with Gasteiger partial charge in [-0.2, -0.15) is 0 Å². The minimum absolute atomic E-state index is 0.542. The molecule has 0 N–H and O–H groups in total. The summed E-state index contributed by atoms with van der Waals surface area (Å²) in [6, 6.07) is 7.82. The molecule has 0 saturated carbocycles. The van der Waals surface area contributed by atoms with E-state index in [0.29, 0.717) is 11.6 Å². The number of alkyl halides is 1. The second kappa shape index (κ2) is 6.23. The van der Waals surface area contributed by atoms with E-state index in [-0.39, 0.29) is 0 Å². The molecule has 2 rings (SSSR count). The molecule has 0 aliphatic heterocycles. The SMILES string of the molecule is Clc1cccc(CBr)c1OCc1cc(Br)cs1. The van der Waals surface area contributed by atoms with Crippen LogP contribution in [0.4, 0.5) is 0 Å². The van der Waals surface area contributed by atoms with Crippen molar-refractivity contribution in [1.29, 1.82) is 0 Å². The summed E-state index contributed by atoms with van der Waals surface area (Å²) in [7, 11) is 0. The van der Waals surface area contributed by atoms with Gasteiger partial charge >= 0.3 is 0 Å². The third kappa shape index (κ3) is 3.47. The van der Waals surface area contributed by atoms with E-state index in [1.165, 1.54) is 0 Å². The molecular formula is C12H9Br2ClOS. The van der Waals surface area contributed by atoms with E-state index in [1.54, 1.807) is 11.3 Å². The van der Waals surface area contributed by atoms with Gasteiger partial charge < -0.3 is 4.74 Å². The van der Waals surface area contributed by atoms with Gasteiger partial charge in [-0.25, -0.2) is 0 Å². The lowest BCUT2D eigenvalue weighted by Crippen LogP contribution is -1.96. The quantitative estimate of drug-likeness (QED) is 0.608. The van der Waals surface area contributed by atoms with Gasteiger partial charge in [-0.1, -0.05) is 39.7 Å². The molecule has 90 valence electrons. The van der Waals surface area contributed by atoms with Gasteiger partial charge in [-0.15, -0.1) is 11.3 Å². The largest absolute Gasteiger partial charge is 0.486 e. The first-order valence-electron chi connectivity index (χ1n) is 4.90. The number of hydrogen-bond donors (Lipinski definition) is 0. The first-order valence-corrected chi connectivity index (χ1v) is 8.07. The number of ether oxygens (including phenoxy) is 1. The van der Waals surface area contributed by atoms with Gasteiger partial charge in [0.2, 0.25) is 0 Å². The molecule has 0 saturated heterocycles. The standard InChI is InChI=1S/C12H9Br2ClOS/c13-5-8-2-1-3-11(15)12(8)16-6-10-4-9(14)7-17-10/h1-4,7H,5-6H2. The van der Waals surface area contributed by atoms with Gasteiger partial charge in [0.1, 0.15) is 12.4 Å². The van der Waals surface area contributed by atoms with E-state index in [1.807, 2.05) is 23.6 Å². The van der Waals surface area contributed by atoms with Crippen molar-refractivity contribution < 1.29 is 4.74 Å². The molecule has 0 amide bonds.